The summed E-state index contributed by atoms with van der Waals surface area (Å²) in [7, 11) is 2.17. The summed E-state index contributed by atoms with van der Waals surface area (Å²) >= 11 is 0. The zero-order valence-corrected chi connectivity index (χ0v) is 14.7. The number of carbonyl (C=O) groups is 1. The van der Waals surface area contributed by atoms with Crippen LogP contribution < -0.4 is 10.2 Å². The molecule has 0 aliphatic carbocycles. The van der Waals surface area contributed by atoms with E-state index in [1.165, 1.54) is 5.69 Å². The fourth-order valence-corrected chi connectivity index (χ4v) is 3.67. The molecular weight excluding hydrogens is 310 g/mol. The minimum absolute atomic E-state index is 0. The number of nitrogens with one attached hydrogen (secondary N) is 1. The number of amides is 1. The van der Waals surface area contributed by atoms with Crippen molar-refractivity contribution in [3.8, 4) is 0 Å². The smallest absolute Gasteiger partial charge is 0.225 e. The van der Waals surface area contributed by atoms with Crippen LogP contribution in [0.5, 0.6) is 0 Å². The van der Waals surface area contributed by atoms with E-state index >= 15 is 0 Å². The second-order valence-corrected chi connectivity index (χ2v) is 6.53. The van der Waals surface area contributed by atoms with E-state index in [9.17, 15) is 4.79 Å². The SMILES string of the molecule is CN(c1ccccc1)C1CCN(C(=O)C2CCNCC2)CC1.Cl. The standard InChI is InChI=1S/C18H27N3O.ClH/c1-20(16-5-3-2-4-6-16)17-9-13-21(14-10-17)18(22)15-7-11-19-12-8-15;/h2-6,15,17,19H,7-14H2,1H3;1H. The number of likely N-dealkylation sites (tertiary alicyclic amines) is 1. The monoisotopic (exact) mass is 337 g/mol. The van der Waals surface area contributed by atoms with Crippen LogP contribution in [0.2, 0.25) is 0 Å². The van der Waals surface area contributed by atoms with Gasteiger partial charge in [0.2, 0.25) is 5.91 Å². The van der Waals surface area contributed by atoms with Gasteiger partial charge < -0.3 is 15.1 Å². The van der Waals surface area contributed by atoms with Crippen LogP contribution in [-0.4, -0.2) is 50.1 Å². The number of halogens is 1. The molecule has 23 heavy (non-hydrogen) atoms. The Labute approximate surface area is 145 Å². The highest BCUT2D eigenvalue weighted by Gasteiger charge is 2.30. The number of hydrogen-bond donors (Lipinski definition) is 1. The van der Waals surface area contributed by atoms with Gasteiger partial charge in [-0.1, -0.05) is 18.2 Å². The lowest BCUT2D eigenvalue weighted by molar-refractivity contribution is -0.137. The van der Waals surface area contributed by atoms with Crippen molar-refractivity contribution in [3.05, 3.63) is 30.3 Å². The minimum atomic E-state index is 0. The molecule has 5 heteroatoms. The Hall–Kier alpha value is -1.26. The largest absolute Gasteiger partial charge is 0.371 e. The van der Waals surface area contributed by atoms with E-state index in [2.05, 4.69) is 52.5 Å². The molecule has 0 atom stereocenters. The summed E-state index contributed by atoms with van der Waals surface area (Å²) in [6.07, 6.45) is 4.15. The Morgan fingerprint density at radius 3 is 2.30 bits per heavy atom. The van der Waals surface area contributed by atoms with Crippen molar-refractivity contribution in [1.29, 1.82) is 0 Å². The highest BCUT2D eigenvalue weighted by molar-refractivity contribution is 5.85. The van der Waals surface area contributed by atoms with Crippen molar-refractivity contribution in [2.75, 3.05) is 38.1 Å². The van der Waals surface area contributed by atoms with Crippen LogP contribution in [0.25, 0.3) is 0 Å². The van der Waals surface area contributed by atoms with Crippen molar-refractivity contribution < 1.29 is 4.79 Å². The average molecular weight is 338 g/mol. The summed E-state index contributed by atoms with van der Waals surface area (Å²) in [5.41, 5.74) is 1.27. The number of carbonyl (C=O) groups excluding carboxylic acids is 1. The van der Waals surface area contributed by atoms with Gasteiger partial charge in [0.1, 0.15) is 0 Å². The molecule has 1 aromatic carbocycles. The molecule has 2 saturated heterocycles. The summed E-state index contributed by atoms with van der Waals surface area (Å²) in [4.78, 5) is 17.1. The molecule has 1 aromatic rings. The number of nitrogens with zero attached hydrogens (tertiary/aromatic N) is 2. The zero-order valence-electron chi connectivity index (χ0n) is 13.9. The lowest BCUT2D eigenvalue weighted by atomic mass is 9.94. The Bertz CT molecular complexity index is 482. The van der Waals surface area contributed by atoms with Crippen molar-refractivity contribution in [2.45, 2.75) is 31.7 Å². The van der Waals surface area contributed by atoms with Crippen LogP contribution in [0.4, 0.5) is 5.69 Å². The number of benzene rings is 1. The Morgan fingerprint density at radius 1 is 1.09 bits per heavy atom. The first-order valence-electron chi connectivity index (χ1n) is 8.53. The topological polar surface area (TPSA) is 35.6 Å². The van der Waals surface area contributed by atoms with E-state index in [-0.39, 0.29) is 18.3 Å². The molecule has 2 fully saturated rings. The second-order valence-electron chi connectivity index (χ2n) is 6.53. The van der Waals surface area contributed by atoms with E-state index in [4.69, 9.17) is 0 Å². The first-order chi connectivity index (χ1) is 10.8. The van der Waals surface area contributed by atoms with Gasteiger partial charge in [-0.15, -0.1) is 12.4 Å². The van der Waals surface area contributed by atoms with Crippen LogP contribution in [0, 0.1) is 5.92 Å². The van der Waals surface area contributed by atoms with Gasteiger partial charge in [0.05, 0.1) is 0 Å². The Balaban J connectivity index is 0.00000192. The van der Waals surface area contributed by atoms with Gasteiger partial charge >= 0.3 is 0 Å². The fraction of sp³-hybridized carbons (Fsp3) is 0.611. The predicted octanol–water partition coefficient (Wildman–Crippen LogP) is 2.54. The normalized spacial score (nSPS) is 20.0. The number of para-hydroxylation sites is 1. The van der Waals surface area contributed by atoms with Gasteiger partial charge in [-0.25, -0.2) is 0 Å². The van der Waals surface area contributed by atoms with E-state index in [1.807, 2.05) is 0 Å². The molecule has 3 rings (SSSR count). The van der Waals surface area contributed by atoms with E-state index in [0.717, 1.165) is 51.9 Å². The second kappa shape index (κ2) is 8.55. The van der Waals surface area contributed by atoms with Gasteiger partial charge in [0.25, 0.3) is 0 Å². The first kappa shape index (κ1) is 18.1. The number of piperidine rings is 2. The molecule has 2 heterocycles. The maximum Gasteiger partial charge on any atom is 0.225 e. The highest BCUT2D eigenvalue weighted by atomic mass is 35.5. The third-order valence-electron chi connectivity index (χ3n) is 5.18. The van der Waals surface area contributed by atoms with Gasteiger partial charge in [0.15, 0.2) is 0 Å². The van der Waals surface area contributed by atoms with Gasteiger partial charge in [-0.3, -0.25) is 4.79 Å². The van der Waals surface area contributed by atoms with Gasteiger partial charge in [-0.2, -0.15) is 0 Å². The van der Waals surface area contributed by atoms with Crippen molar-refractivity contribution in [1.82, 2.24) is 10.2 Å². The minimum Gasteiger partial charge on any atom is -0.371 e. The van der Waals surface area contributed by atoms with Crippen molar-refractivity contribution in [2.24, 2.45) is 5.92 Å². The Kier molecular flexibility index (Phi) is 6.72. The molecule has 1 N–H and O–H groups in total. The van der Waals surface area contributed by atoms with E-state index in [0.29, 0.717) is 11.9 Å². The number of anilines is 1. The third-order valence-corrected chi connectivity index (χ3v) is 5.18. The van der Waals surface area contributed by atoms with Gasteiger partial charge in [0, 0.05) is 37.8 Å². The highest BCUT2D eigenvalue weighted by Crippen LogP contribution is 2.24. The summed E-state index contributed by atoms with van der Waals surface area (Å²) in [5.74, 6) is 0.645. The molecule has 0 spiro atoms. The van der Waals surface area contributed by atoms with Crippen molar-refractivity contribution >= 4 is 24.0 Å². The van der Waals surface area contributed by atoms with Crippen LogP contribution in [-0.2, 0) is 4.79 Å². The molecule has 0 radical (unpaired) electrons. The zero-order chi connectivity index (χ0) is 15.4. The molecule has 0 saturated carbocycles. The van der Waals surface area contributed by atoms with E-state index in [1.54, 1.807) is 0 Å². The fourth-order valence-electron chi connectivity index (χ4n) is 3.67. The third kappa shape index (κ3) is 4.39. The maximum atomic E-state index is 12.6. The van der Waals surface area contributed by atoms with Crippen LogP contribution in [0.15, 0.2) is 30.3 Å². The van der Waals surface area contributed by atoms with Gasteiger partial charge in [-0.05, 0) is 50.9 Å². The molecule has 0 aromatic heterocycles. The van der Waals surface area contributed by atoms with Crippen molar-refractivity contribution in [3.63, 3.8) is 0 Å². The molecule has 4 nitrogen and oxygen atoms in total. The summed E-state index contributed by atoms with van der Waals surface area (Å²) < 4.78 is 0. The summed E-state index contributed by atoms with van der Waals surface area (Å²) in [5, 5.41) is 3.34. The summed E-state index contributed by atoms with van der Waals surface area (Å²) in [6.45, 7) is 3.79. The lowest BCUT2D eigenvalue weighted by Gasteiger charge is -2.39. The Morgan fingerprint density at radius 2 is 1.70 bits per heavy atom. The molecule has 1 amide bonds. The lowest BCUT2D eigenvalue weighted by Crippen LogP contribution is -2.48. The molecule has 2 aliphatic rings. The molecule has 0 unspecified atom stereocenters. The summed E-state index contributed by atoms with van der Waals surface area (Å²) in [6, 6.07) is 11.1. The number of rotatable bonds is 3. The van der Waals surface area contributed by atoms with Crippen LogP contribution >= 0.6 is 12.4 Å². The first-order valence-corrected chi connectivity index (χ1v) is 8.53. The predicted molar refractivity (Wildman–Crippen MR) is 97.3 cm³/mol. The van der Waals surface area contributed by atoms with Crippen LogP contribution in [0.1, 0.15) is 25.7 Å². The average Bonchev–Trinajstić information content (AvgIpc) is 2.62. The molecular formula is C18H28ClN3O. The van der Waals surface area contributed by atoms with E-state index < -0.39 is 0 Å². The number of hydrogen-bond acceptors (Lipinski definition) is 3. The molecule has 2 aliphatic heterocycles. The quantitative estimate of drug-likeness (QED) is 0.920. The molecule has 0 bridgehead atoms. The molecule has 128 valence electrons. The maximum absolute atomic E-state index is 12.6. The van der Waals surface area contributed by atoms with Crippen LogP contribution in [0.3, 0.4) is 0 Å².